The van der Waals surface area contributed by atoms with Crippen LogP contribution in [0.25, 0.3) is 0 Å². The number of carbonyl (C=O) groups is 2. The van der Waals surface area contributed by atoms with E-state index in [2.05, 4.69) is 11.8 Å². The van der Waals surface area contributed by atoms with Crippen molar-refractivity contribution < 1.29 is 42.5 Å². The first-order chi connectivity index (χ1) is 16.0. The van der Waals surface area contributed by atoms with E-state index in [1.165, 1.54) is 12.1 Å². The maximum absolute atomic E-state index is 14.2. The number of anilines is 1. The summed E-state index contributed by atoms with van der Waals surface area (Å²) in [5.41, 5.74) is -3.66. The van der Waals surface area contributed by atoms with Crippen LogP contribution in [0.2, 0.25) is 5.02 Å². The van der Waals surface area contributed by atoms with E-state index in [1.807, 2.05) is 0 Å². The van der Waals surface area contributed by atoms with Gasteiger partial charge in [-0.05, 0) is 43.4 Å². The number of ether oxygens (including phenoxy) is 1. The molecule has 1 aliphatic heterocycles. The lowest BCUT2D eigenvalue weighted by Crippen LogP contribution is -2.53. The minimum atomic E-state index is -5.03. The Bertz CT molecular complexity index is 1180. The molecule has 8 nitrogen and oxygen atoms in total. The van der Waals surface area contributed by atoms with E-state index in [4.69, 9.17) is 21.2 Å². The normalized spacial score (nSPS) is 19.6. The minimum Gasteiger partial charge on any atom is -0.492 e. The smallest absolute Gasteiger partial charge is 0.445 e. The fourth-order valence-electron chi connectivity index (χ4n) is 3.41. The fourth-order valence-corrected chi connectivity index (χ4v) is 3.58. The highest BCUT2D eigenvalue weighted by atomic mass is 35.5. The number of carbonyl (C=O) groups excluding carboxylic acids is 2. The van der Waals surface area contributed by atoms with Gasteiger partial charge in [0.2, 0.25) is 11.8 Å². The van der Waals surface area contributed by atoms with Crippen LogP contribution in [0.4, 0.5) is 23.7 Å². The Hall–Kier alpha value is -3.52. The number of rotatable bonds is 5. The molecule has 2 aliphatic rings. The van der Waals surface area contributed by atoms with E-state index in [9.17, 15) is 33.0 Å². The molecule has 2 N–H and O–H groups in total. The van der Waals surface area contributed by atoms with Crippen molar-refractivity contribution >= 4 is 29.4 Å². The summed E-state index contributed by atoms with van der Waals surface area (Å²) in [6.45, 7) is -0.184. The number of aromatic hydroxyl groups is 2. The Kier molecular flexibility index (Phi) is 6.03. The van der Waals surface area contributed by atoms with E-state index in [1.54, 1.807) is 0 Å². The van der Waals surface area contributed by atoms with Crippen LogP contribution in [-0.2, 0) is 15.1 Å². The van der Waals surface area contributed by atoms with Gasteiger partial charge < -0.3 is 19.8 Å². The number of hydrogen-bond donors (Lipinski definition) is 2. The van der Waals surface area contributed by atoms with E-state index < -0.39 is 41.2 Å². The molecule has 2 aromatic rings. The zero-order valence-electron chi connectivity index (χ0n) is 17.4. The van der Waals surface area contributed by atoms with Crippen LogP contribution in [0.15, 0.2) is 30.3 Å². The van der Waals surface area contributed by atoms with Crippen molar-refractivity contribution in [3.63, 3.8) is 0 Å². The van der Waals surface area contributed by atoms with E-state index in [0.717, 1.165) is 23.1 Å². The van der Waals surface area contributed by atoms with Crippen molar-refractivity contribution in [1.29, 1.82) is 0 Å². The first-order valence-corrected chi connectivity index (χ1v) is 10.6. The Morgan fingerprint density at radius 3 is 2.53 bits per heavy atom. The maximum atomic E-state index is 14.2. The standard InChI is InChI=1S/C22H18ClF3N2O6/c23-14-5-6-16-15(12-14)21(22(24,25)26,10-9-13-3-4-13)33-20(32)27(16)11-1-2-19(31)34-28-17(29)7-8-18(28)30/h5-8,12-13,29-30H,1-4,11H2. The first kappa shape index (κ1) is 23.6. The molecular weight excluding hydrogens is 481 g/mol. The van der Waals surface area contributed by atoms with Crippen LogP contribution in [0, 0.1) is 17.8 Å². The molecule has 0 bridgehead atoms. The van der Waals surface area contributed by atoms with Gasteiger partial charge in [-0.1, -0.05) is 17.5 Å². The summed E-state index contributed by atoms with van der Waals surface area (Å²) in [6.07, 6.45) is -5.25. The van der Waals surface area contributed by atoms with Crippen LogP contribution in [0.1, 0.15) is 31.2 Å². The molecule has 1 unspecified atom stereocenters. The number of benzene rings is 1. The zero-order valence-corrected chi connectivity index (χ0v) is 18.2. The third kappa shape index (κ3) is 4.46. The maximum Gasteiger partial charge on any atom is 0.445 e. The third-order valence-electron chi connectivity index (χ3n) is 5.27. The van der Waals surface area contributed by atoms with E-state index >= 15 is 0 Å². The van der Waals surface area contributed by atoms with Crippen molar-refractivity contribution in [2.45, 2.75) is 37.5 Å². The first-order valence-electron chi connectivity index (χ1n) is 10.2. The third-order valence-corrected chi connectivity index (χ3v) is 5.51. The van der Waals surface area contributed by atoms with Crippen molar-refractivity contribution in [1.82, 2.24) is 4.73 Å². The predicted molar refractivity (Wildman–Crippen MR) is 112 cm³/mol. The zero-order chi connectivity index (χ0) is 24.7. The largest absolute Gasteiger partial charge is 0.492 e. The van der Waals surface area contributed by atoms with Gasteiger partial charge in [0.1, 0.15) is 0 Å². The minimum absolute atomic E-state index is 0.00779. The highest BCUT2D eigenvalue weighted by molar-refractivity contribution is 6.30. The topological polar surface area (TPSA) is 101 Å². The van der Waals surface area contributed by atoms with Crippen molar-refractivity contribution in [3.8, 4) is 23.6 Å². The number of halogens is 4. The Morgan fingerprint density at radius 2 is 1.91 bits per heavy atom. The average Bonchev–Trinajstić information content (AvgIpc) is 3.54. The fraction of sp³-hybridized carbons (Fsp3) is 0.364. The van der Waals surface area contributed by atoms with Crippen LogP contribution in [0.5, 0.6) is 11.8 Å². The quantitative estimate of drug-likeness (QED) is 0.602. The summed E-state index contributed by atoms with van der Waals surface area (Å²) < 4.78 is 48.1. The van der Waals surface area contributed by atoms with Crippen LogP contribution < -0.4 is 9.74 Å². The molecule has 0 radical (unpaired) electrons. The molecule has 1 atom stereocenters. The van der Waals surface area contributed by atoms with Gasteiger partial charge in [0.15, 0.2) is 0 Å². The van der Waals surface area contributed by atoms with Crippen molar-refractivity contribution in [2.24, 2.45) is 5.92 Å². The number of alkyl halides is 3. The van der Waals surface area contributed by atoms with Crippen molar-refractivity contribution in [2.75, 3.05) is 11.4 Å². The number of amides is 1. The second kappa shape index (κ2) is 8.68. The van der Waals surface area contributed by atoms with Gasteiger partial charge in [0.25, 0.3) is 5.60 Å². The predicted octanol–water partition coefficient (Wildman–Crippen LogP) is 4.12. The van der Waals surface area contributed by atoms with Crippen LogP contribution in [-0.4, -0.2) is 39.7 Å². The highest BCUT2D eigenvalue weighted by Gasteiger charge is 2.63. The average molecular weight is 499 g/mol. The van der Waals surface area contributed by atoms with Gasteiger partial charge in [-0.15, -0.1) is 4.73 Å². The molecule has 0 spiro atoms. The molecule has 1 aromatic heterocycles. The summed E-state index contributed by atoms with van der Waals surface area (Å²) in [7, 11) is 0. The van der Waals surface area contributed by atoms with Crippen LogP contribution in [0.3, 0.4) is 0 Å². The number of fused-ring (bicyclic) bond motifs is 1. The second-order valence-electron chi connectivity index (χ2n) is 7.81. The van der Waals surface area contributed by atoms with E-state index in [-0.39, 0.29) is 36.0 Å². The molecule has 1 aliphatic carbocycles. The Balaban J connectivity index is 1.56. The Morgan fingerprint density at radius 1 is 1.24 bits per heavy atom. The van der Waals surface area contributed by atoms with Crippen molar-refractivity contribution in [3.05, 3.63) is 40.9 Å². The molecular formula is C22H18ClF3N2O6. The lowest BCUT2D eigenvalue weighted by atomic mass is 9.89. The number of cyclic esters (lactones) is 1. The molecule has 1 amide bonds. The molecule has 1 fully saturated rings. The Labute approximate surface area is 196 Å². The molecule has 4 rings (SSSR count). The molecule has 2 heterocycles. The second-order valence-corrected chi connectivity index (χ2v) is 8.25. The van der Waals surface area contributed by atoms with Gasteiger partial charge >= 0.3 is 18.2 Å². The van der Waals surface area contributed by atoms with Gasteiger partial charge in [-0.25, -0.2) is 9.59 Å². The lowest BCUT2D eigenvalue weighted by molar-refractivity contribution is -0.240. The summed E-state index contributed by atoms with van der Waals surface area (Å²) in [5.74, 6) is 2.65. The molecule has 180 valence electrons. The summed E-state index contributed by atoms with van der Waals surface area (Å²) in [6, 6.07) is 5.89. The lowest BCUT2D eigenvalue weighted by Gasteiger charge is -2.40. The van der Waals surface area contributed by atoms with Crippen LogP contribution >= 0.6 is 11.6 Å². The van der Waals surface area contributed by atoms with Gasteiger partial charge in [-0.3, -0.25) is 4.90 Å². The molecule has 1 saturated carbocycles. The summed E-state index contributed by atoms with van der Waals surface area (Å²) >= 11 is 5.97. The number of nitrogens with zero attached hydrogens (tertiary/aromatic N) is 2. The molecule has 12 heteroatoms. The van der Waals surface area contributed by atoms with Gasteiger partial charge in [0, 0.05) is 41.6 Å². The van der Waals surface area contributed by atoms with Gasteiger partial charge in [-0.2, -0.15) is 13.2 Å². The molecule has 34 heavy (non-hydrogen) atoms. The molecule has 1 aromatic carbocycles. The SMILES string of the molecule is O=C(CCCN1C(=O)OC(C#CC2CC2)(C(F)(F)F)c2cc(Cl)ccc21)On1c(O)ccc1O. The summed E-state index contributed by atoms with van der Waals surface area (Å²) in [5, 5.41) is 19.0. The molecule has 0 saturated heterocycles. The van der Waals surface area contributed by atoms with Gasteiger partial charge in [0.05, 0.1) is 5.69 Å². The number of aromatic nitrogens is 1. The summed E-state index contributed by atoms with van der Waals surface area (Å²) in [4.78, 5) is 30.5. The van der Waals surface area contributed by atoms with E-state index in [0.29, 0.717) is 17.6 Å². The monoisotopic (exact) mass is 498 g/mol. The number of hydrogen-bond acceptors (Lipinski definition) is 6. The highest BCUT2D eigenvalue weighted by Crippen LogP contribution is 2.50.